The van der Waals surface area contributed by atoms with E-state index in [1.165, 1.54) is 6.08 Å². The van der Waals surface area contributed by atoms with E-state index >= 15 is 0 Å². The summed E-state index contributed by atoms with van der Waals surface area (Å²) in [5.41, 5.74) is 0.184. The highest BCUT2D eigenvalue weighted by Gasteiger charge is 2.15. The Labute approximate surface area is 77.0 Å². The summed E-state index contributed by atoms with van der Waals surface area (Å²) in [6, 6.07) is 0. The normalized spacial score (nSPS) is 11.5. The molecule has 0 aromatic rings. The molecule has 4 heteroatoms. The molecule has 0 aliphatic heterocycles. The molecule has 1 unspecified atom stereocenters. The van der Waals surface area contributed by atoms with Gasteiger partial charge in [0.1, 0.15) is 0 Å². The van der Waals surface area contributed by atoms with Crippen LogP contribution in [0.15, 0.2) is 17.1 Å². The van der Waals surface area contributed by atoms with Gasteiger partial charge in [0.25, 0.3) is 0 Å². The van der Waals surface area contributed by atoms with E-state index in [0.29, 0.717) is 19.4 Å². The second kappa shape index (κ2) is 6.14. The first-order chi connectivity index (χ1) is 6.13. The first-order valence-electron chi connectivity index (χ1n) is 4.09. The zero-order valence-corrected chi connectivity index (χ0v) is 7.62. The van der Waals surface area contributed by atoms with Crippen LogP contribution in [0.25, 0.3) is 0 Å². The van der Waals surface area contributed by atoms with Crippen LogP contribution >= 0.6 is 0 Å². The third kappa shape index (κ3) is 4.23. The number of hydrogen-bond donors (Lipinski definition) is 1. The van der Waals surface area contributed by atoms with Crippen molar-refractivity contribution in [3.05, 3.63) is 12.2 Å². The second-order valence-electron chi connectivity index (χ2n) is 2.70. The Hall–Kier alpha value is -1.41. The second-order valence-corrected chi connectivity index (χ2v) is 2.70. The molecule has 1 atom stereocenters. The Morgan fingerprint density at radius 2 is 2.31 bits per heavy atom. The molecular weight excluding hydrogens is 170 g/mol. The molecule has 0 heterocycles. The average molecular weight is 183 g/mol. The fourth-order valence-corrected chi connectivity index (χ4v) is 1.07. The summed E-state index contributed by atoms with van der Waals surface area (Å²) in [6.07, 6.45) is 2.65. The molecular formula is C9H13NO3. The Morgan fingerprint density at radius 1 is 1.69 bits per heavy atom. The molecule has 4 nitrogen and oxygen atoms in total. The molecule has 0 spiro atoms. The molecule has 1 N–H and O–H groups in total. The van der Waals surface area contributed by atoms with Crippen LogP contribution in [0.4, 0.5) is 0 Å². The third-order valence-corrected chi connectivity index (χ3v) is 1.91. The fraction of sp³-hybridized carbons (Fsp3) is 0.556. The molecule has 0 fully saturated rings. The zero-order valence-electron chi connectivity index (χ0n) is 7.62. The number of carboxylic acid groups (broad SMARTS) is 1. The molecule has 0 radical (unpaired) electrons. The molecule has 0 bridgehead atoms. The fourth-order valence-electron chi connectivity index (χ4n) is 1.07. The predicted molar refractivity (Wildman–Crippen MR) is 48.2 cm³/mol. The minimum atomic E-state index is -0.984. The van der Waals surface area contributed by atoms with Gasteiger partial charge in [0, 0.05) is 5.57 Å². The number of aliphatic carboxylic acids is 1. The summed E-state index contributed by atoms with van der Waals surface area (Å²) in [6.45, 7) is 5.66. The molecule has 0 saturated carbocycles. The number of aliphatic imine (C=N–C) groups is 1. The lowest BCUT2D eigenvalue weighted by atomic mass is 9.94. The molecule has 0 aromatic carbocycles. The van der Waals surface area contributed by atoms with E-state index in [2.05, 4.69) is 11.6 Å². The zero-order chi connectivity index (χ0) is 10.3. The van der Waals surface area contributed by atoms with Crippen molar-refractivity contribution in [2.24, 2.45) is 10.9 Å². The molecule has 0 aromatic heterocycles. The quantitative estimate of drug-likeness (QED) is 0.384. The molecule has 0 amide bonds. The van der Waals surface area contributed by atoms with Crippen molar-refractivity contribution in [3.8, 4) is 0 Å². The highest BCUT2D eigenvalue weighted by molar-refractivity contribution is 5.86. The van der Waals surface area contributed by atoms with Crippen molar-refractivity contribution in [1.82, 2.24) is 0 Å². The highest BCUT2D eigenvalue weighted by atomic mass is 16.4. The minimum absolute atomic E-state index is 0.102. The summed E-state index contributed by atoms with van der Waals surface area (Å²) < 4.78 is 0. The third-order valence-electron chi connectivity index (χ3n) is 1.91. The van der Waals surface area contributed by atoms with Crippen LogP contribution in [0, 0.1) is 5.92 Å². The number of carbonyl (C=O) groups excluding carboxylic acids is 1. The maximum absolute atomic E-state index is 10.5. The van der Waals surface area contributed by atoms with Crippen LogP contribution in [0.3, 0.4) is 0 Å². The first-order valence-corrected chi connectivity index (χ1v) is 4.09. The molecule has 72 valence electrons. The van der Waals surface area contributed by atoms with Crippen LogP contribution in [-0.4, -0.2) is 23.7 Å². The van der Waals surface area contributed by atoms with E-state index < -0.39 is 5.97 Å². The van der Waals surface area contributed by atoms with Crippen LogP contribution in [0.5, 0.6) is 0 Å². The maximum atomic E-state index is 10.5. The number of carboxylic acids is 1. The SMILES string of the molecule is C=C(C(=O)O)C(CC)CCN=C=O. The van der Waals surface area contributed by atoms with Crippen molar-refractivity contribution < 1.29 is 14.7 Å². The number of carbonyl (C=O) groups is 1. The van der Waals surface area contributed by atoms with Gasteiger partial charge in [-0.25, -0.2) is 14.6 Å². The smallest absolute Gasteiger partial charge is 0.331 e. The monoisotopic (exact) mass is 183 g/mol. The number of nitrogens with zero attached hydrogens (tertiary/aromatic N) is 1. The number of rotatable bonds is 6. The number of isocyanates is 1. The van der Waals surface area contributed by atoms with E-state index in [4.69, 9.17) is 5.11 Å². The summed E-state index contributed by atoms with van der Waals surface area (Å²) in [5, 5.41) is 8.63. The topological polar surface area (TPSA) is 66.7 Å². The molecule has 13 heavy (non-hydrogen) atoms. The van der Waals surface area contributed by atoms with E-state index in [-0.39, 0.29) is 11.5 Å². The van der Waals surface area contributed by atoms with E-state index in [1.54, 1.807) is 0 Å². The van der Waals surface area contributed by atoms with Crippen LogP contribution in [-0.2, 0) is 9.59 Å². The average Bonchev–Trinajstić information content (AvgIpc) is 2.11. The van der Waals surface area contributed by atoms with Crippen LogP contribution in [0.2, 0.25) is 0 Å². The van der Waals surface area contributed by atoms with Gasteiger partial charge in [-0.1, -0.05) is 13.5 Å². The highest BCUT2D eigenvalue weighted by Crippen LogP contribution is 2.17. The van der Waals surface area contributed by atoms with Crippen LogP contribution < -0.4 is 0 Å². The van der Waals surface area contributed by atoms with Gasteiger partial charge >= 0.3 is 5.97 Å². The lowest BCUT2D eigenvalue weighted by Gasteiger charge is -2.12. The maximum Gasteiger partial charge on any atom is 0.331 e. The van der Waals surface area contributed by atoms with Crippen molar-refractivity contribution in [2.45, 2.75) is 19.8 Å². The van der Waals surface area contributed by atoms with E-state index in [9.17, 15) is 9.59 Å². The Kier molecular flexibility index (Phi) is 5.48. The van der Waals surface area contributed by atoms with Crippen molar-refractivity contribution in [3.63, 3.8) is 0 Å². The van der Waals surface area contributed by atoms with Gasteiger partial charge in [-0.2, -0.15) is 0 Å². The van der Waals surface area contributed by atoms with Gasteiger partial charge < -0.3 is 5.11 Å². The van der Waals surface area contributed by atoms with Gasteiger partial charge in [0.15, 0.2) is 0 Å². The summed E-state index contributed by atoms with van der Waals surface area (Å²) >= 11 is 0. The van der Waals surface area contributed by atoms with Gasteiger partial charge in [-0.3, -0.25) is 0 Å². The number of hydrogen-bond acceptors (Lipinski definition) is 3. The Bertz CT molecular complexity index is 241. The van der Waals surface area contributed by atoms with Crippen molar-refractivity contribution >= 4 is 12.0 Å². The minimum Gasteiger partial charge on any atom is -0.478 e. The van der Waals surface area contributed by atoms with Gasteiger partial charge in [-0.15, -0.1) is 0 Å². The summed E-state index contributed by atoms with van der Waals surface area (Å²) in [4.78, 5) is 23.6. The van der Waals surface area contributed by atoms with Crippen LogP contribution in [0.1, 0.15) is 19.8 Å². The van der Waals surface area contributed by atoms with Crippen molar-refractivity contribution in [2.75, 3.05) is 6.54 Å². The standard InChI is InChI=1S/C9H13NO3/c1-3-8(4-5-10-6-11)7(2)9(12)13/h8H,2-5H2,1H3,(H,12,13). The lowest BCUT2D eigenvalue weighted by molar-refractivity contribution is -0.133. The molecule has 0 saturated heterocycles. The lowest BCUT2D eigenvalue weighted by Crippen LogP contribution is -2.11. The van der Waals surface area contributed by atoms with Gasteiger partial charge in [-0.05, 0) is 18.8 Å². The summed E-state index contributed by atoms with van der Waals surface area (Å²) in [5.74, 6) is -1.09. The molecule has 0 aliphatic rings. The molecule has 0 rings (SSSR count). The predicted octanol–water partition coefficient (Wildman–Crippen LogP) is 1.38. The van der Waals surface area contributed by atoms with Gasteiger partial charge in [0.05, 0.1) is 6.54 Å². The van der Waals surface area contributed by atoms with E-state index in [1.807, 2.05) is 6.92 Å². The Balaban J connectivity index is 4.09. The first kappa shape index (κ1) is 11.6. The Morgan fingerprint density at radius 3 is 2.69 bits per heavy atom. The largest absolute Gasteiger partial charge is 0.478 e. The molecule has 0 aliphatic carbocycles. The summed E-state index contributed by atoms with van der Waals surface area (Å²) in [7, 11) is 0. The van der Waals surface area contributed by atoms with E-state index in [0.717, 1.165) is 0 Å². The van der Waals surface area contributed by atoms with Gasteiger partial charge in [0.2, 0.25) is 6.08 Å². The van der Waals surface area contributed by atoms with Crippen molar-refractivity contribution in [1.29, 1.82) is 0 Å².